The number of hydrogen-bond acceptors (Lipinski definition) is 6. The molecular formula is C27H32ClNO6. The van der Waals surface area contributed by atoms with Crippen molar-refractivity contribution in [2.24, 2.45) is 16.6 Å². The highest BCUT2D eigenvalue weighted by molar-refractivity contribution is 6.32. The van der Waals surface area contributed by atoms with Crippen molar-refractivity contribution in [3.05, 3.63) is 45.4 Å². The van der Waals surface area contributed by atoms with Crippen LogP contribution in [0.15, 0.2) is 34.8 Å². The fourth-order valence-corrected chi connectivity index (χ4v) is 5.58. The number of amides is 1. The number of allylic oxidation sites excluding steroid dienone is 4. The Kier molecular flexibility index (Phi) is 6.51. The molecule has 7 nitrogen and oxygen atoms in total. The van der Waals surface area contributed by atoms with Gasteiger partial charge in [-0.3, -0.25) is 14.4 Å². The number of carbonyl (C=O) groups is 3. The molecule has 8 heteroatoms. The summed E-state index contributed by atoms with van der Waals surface area (Å²) in [4.78, 5) is 38.2. The minimum Gasteiger partial charge on any atom is -0.490 e. The largest absolute Gasteiger partial charge is 0.490 e. The van der Waals surface area contributed by atoms with Crippen molar-refractivity contribution in [1.82, 2.24) is 0 Å². The predicted octanol–water partition coefficient (Wildman–Crippen LogP) is 5.00. The van der Waals surface area contributed by atoms with Crippen LogP contribution in [0.1, 0.15) is 71.8 Å². The summed E-state index contributed by atoms with van der Waals surface area (Å²) in [5.41, 5.74) is 6.42. The molecule has 1 aromatic carbocycles. The van der Waals surface area contributed by atoms with Crippen molar-refractivity contribution < 1.29 is 28.6 Å². The zero-order valence-corrected chi connectivity index (χ0v) is 21.6. The minimum atomic E-state index is -0.646. The molecule has 0 saturated heterocycles. The second kappa shape index (κ2) is 9.01. The van der Waals surface area contributed by atoms with Gasteiger partial charge in [0.15, 0.2) is 29.7 Å². The summed E-state index contributed by atoms with van der Waals surface area (Å²) in [7, 11) is 0. The maximum Gasteiger partial charge on any atom is 0.255 e. The van der Waals surface area contributed by atoms with E-state index >= 15 is 0 Å². The van der Waals surface area contributed by atoms with Crippen LogP contribution in [0.3, 0.4) is 0 Å². The first-order chi connectivity index (χ1) is 16.3. The lowest BCUT2D eigenvalue weighted by molar-refractivity contribution is -0.121. The molecule has 0 bridgehead atoms. The third-order valence-corrected chi connectivity index (χ3v) is 6.89. The molecule has 0 saturated carbocycles. The highest BCUT2D eigenvalue weighted by Crippen LogP contribution is 2.54. The average Bonchev–Trinajstić information content (AvgIpc) is 2.69. The summed E-state index contributed by atoms with van der Waals surface area (Å²) in [6, 6.07) is 3.41. The summed E-state index contributed by atoms with van der Waals surface area (Å²) in [5.74, 6) is 0.447. The fraction of sp³-hybridized carbons (Fsp3) is 0.519. The number of nitrogens with two attached hydrogens (primary N) is 1. The van der Waals surface area contributed by atoms with Crippen LogP contribution in [0.4, 0.5) is 0 Å². The Morgan fingerprint density at radius 3 is 2.03 bits per heavy atom. The van der Waals surface area contributed by atoms with E-state index in [1.54, 1.807) is 12.1 Å². The van der Waals surface area contributed by atoms with Crippen LogP contribution in [0.5, 0.6) is 11.5 Å². The number of primary amides is 1. The van der Waals surface area contributed by atoms with Crippen molar-refractivity contribution in [1.29, 1.82) is 0 Å². The molecule has 35 heavy (non-hydrogen) atoms. The summed E-state index contributed by atoms with van der Waals surface area (Å²) in [5, 5.41) is 0.204. The van der Waals surface area contributed by atoms with E-state index in [-0.39, 0.29) is 39.8 Å². The van der Waals surface area contributed by atoms with Crippen LogP contribution < -0.4 is 15.2 Å². The van der Waals surface area contributed by atoms with Gasteiger partial charge in [0.1, 0.15) is 11.5 Å². The smallest absolute Gasteiger partial charge is 0.255 e. The quantitative estimate of drug-likeness (QED) is 0.587. The number of halogens is 1. The molecule has 0 unspecified atom stereocenters. The van der Waals surface area contributed by atoms with Gasteiger partial charge in [-0.15, -0.1) is 0 Å². The molecule has 2 aliphatic carbocycles. The van der Waals surface area contributed by atoms with Gasteiger partial charge in [-0.1, -0.05) is 39.3 Å². The third kappa shape index (κ3) is 4.96. The van der Waals surface area contributed by atoms with Crippen LogP contribution in [-0.2, 0) is 19.1 Å². The zero-order valence-electron chi connectivity index (χ0n) is 20.9. The molecule has 2 N–H and O–H groups in total. The van der Waals surface area contributed by atoms with E-state index in [1.807, 2.05) is 34.6 Å². The third-order valence-electron chi connectivity index (χ3n) is 6.61. The van der Waals surface area contributed by atoms with Gasteiger partial charge in [-0.2, -0.15) is 0 Å². The van der Waals surface area contributed by atoms with E-state index in [0.717, 1.165) is 0 Å². The standard InChI is InChI=1S/C27H32ClNO6/c1-6-33-18-8-14(7-15(28)25(18)34-13-21(29)32)22-23-16(30)9-26(2,3)11-19(23)35-20-12-27(4,5)10-17(31)24(20)22/h7-8,22H,6,9-13H2,1-5H3,(H2,29,32). The maximum absolute atomic E-state index is 13.5. The first kappa shape index (κ1) is 25.3. The van der Waals surface area contributed by atoms with Gasteiger partial charge in [0.25, 0.3) is 5.91 Å². The Bertz CT molecular complexity index is 1120. The SMILES string of the molecule is CCOc1cc(C2C3=C(CC(C)(C)CC3=O)OC3=C2C(=O)CC(C)(C)C3)cc(Cl)c1OCC(N)=O. The lowest BCUT2D eigenvalue weighted by Crippen LogP contribution is -2.37. The second-order valence-electron chi connectivity index (χ2n) is 11.1. The Balaban J connectivity index is 1.90. The van der Waals surface area contributed by atoms with E-state index in [2.05, 4.69) is 0 Å². The Morgan fingerprint density at radius 1 is 1.00 bits per heavy atom. The van der Waals surface area contributed by atoms with Crippen molar-refractivity contribution in [2.45, 2.75) is 66.2 Å². The monoisotopic (exact) mass is 501 g/mol. The number of hydrogen-bond donors (Lipinski definition) is 1. The van der Waals surface area contributed by atoms with Crippen molar-refractivity contribution >= 4 is 29.1 Å². The van der Waals surface area contributed by atoms with Gasteiger partial charge in [0.05, 0.1) is 11.6 Å². The molecule has 188 valence electrons. The van der Waals surface area contributed by atoms with Crippen molar-refractivity contribution in [3.8, 4) is 11.5 Å². The highest BCUT2D eigenvalue weighted by Gasteiger charge is 2.48. The van der Waals surface area contributed by atoms with E-state index < -0.39 is 11.8 Å². The van der Waals surface area contributed by atoms with Gasteiger partial charge >= 0.3 is 0 Å². The zero-order chi connectivity index (χ0) is 25.7. The summed E-state index contributed by atoms with van der Waals surface area (Å²) < 4.78 is 17.6. The molecular weight excluding hydrogens is 470 g/mol. The number of benzene rings is 1. The van der Waals surface area contributed by atoms with Crippen molar-refractivity contribution in [2.75, 3.05) is 13.2 Å². The van der Waals surface area contributed by atoms with Gasteiger partial charge in [0, 0.05) is 42.7 Å². The molecule has 0 aromatic heterocycles. The normalized spacial score (nSPS) is 21.3. The summed E-state index contributed by atoms with van der Waals surface area (Å²) in [6.45, 7) is 9.95. The molecule has 4 rings (SSSR count). The minimum absolute atomic E-state index is 0.0337. The molecule has 1 aromatic rings. The lowest BCUT2D eigenvalue weighted by Gasteiger charge is -2.42. The molecule has 1 heterocycles. The van der Waals surface area contributed by atoms with Crippen LogP contribution in [0.25, 0.3) is 0 Å². The Hall–Kier alpha value is -2.80. The number of carbonyl (C=O) groups excluding carboxylic acids is 3. The first-order valence-corrected chi connectivity index (χ1v) is 12.3. The molecule has 0 spiro atoms. The molecule has 3 aliphatic rings. The van der Waals surface area contributed by atoms with Crippen LogP contribution >= 0.6 is 11.6 Å². The second-order valence-corrected chi connectivity index (χ2v) is 11.5. The van der Waals surface area contributed by atoms with Gasteiger partial charge in [-0.25, -0.2) is 0 Å². The van der Waals surface area contributed by atoms with Gasteiger partial charge in [0.2, 0.25) is 0 Å². The lowest BCUT2D eigenvalue weighted by atomic mass is 9.65. The molecule has 0 atom stereocenters. The number of ketones is 2. The maximum atomic E-state index is 13.5. The summed E-state index contributed by atoms with van der Waals surface area (Å²) >= 11 is 6.60. The number of rotatable bonds is 6. The average molecular weight is 502 g/mol. The number of ether oxygens (including phenoxy) is 3. The summed E-state index contributed by atoms with van der Waals surface area (Å²) in [6.07, 6.45) is 1.92. The van der Waals surface area contributed by atoms with E-state index in [0.29, 0.717) is 66.3 Å². The Labute approximate surface area is 210 Å². The number of Topliss-reactive ketones (excluding diaryl/α,β-unsaturated/α-hetero) is 2. The van der Waals surface area contributed by atoms with Crippen LogP contribution in [0.2, 0.25) is 5.02 Å². The van der Waals surface area contributed by atoms with Crippen LogP contribution in [0, 0.1) is 10.8 Å². The first-order valence-electron chi connectivity index (χ1n) is 11.9. The van der Waals surface area contributed by atoms with E-state index in [9.17, 15) is 14.4 Å². The van der Waals surface area contributed by atoms with Gasteiger partial charge in [-0.05, 0) is 35.4 Å². The topological polar surface area (TPSA) is 105 Å². The van der Waals surface area contributed by atoms with E-state index in [1.165, 1.54) is 0 Å². The fourth-order valence-electron chi connectivity index (χ4n) is 5.31. The van der Waals surface area contributed by atoms with Gasteiger partial charge < -0.3 is 19.9 Å². The highest BCUT2D eigenvalue weighted by atomic mass is 35.5. The molecule has 0 radical (unpaired) electrons. The molecule has 1 aliphatic heterocycles. The molecule has 1 amide bonds. The van der Waals surface area contributed by atoms with Crippen LogP contribution in [-0.4, -0.2) is 30.7 Å². The van der Waals surface area contributed by atoms with Crippen molar-refractivity contribution in [3.63, 3.8) is 0 Å². The Morgan fingerprint density at radius 2 is 1.54 bits per heavy atom. The van der Waals surface area contributed by atoms with E-state index in [4.69, 9.17) is 31.5 Å². The predicted molar refractivity (Wildman–Crippen MR) is 131 cm³/mol. The molecule has 0 fully saturated rings.